The van der Waals surface area contributed by atoms with E-state index in [9.17, 15) is 57.9 Å². The smallest absolute Gasteiger partial charge is 0.372 e. The van der Waals surface area contributed by atoms with Crippen molar-refractivity contribution in [2.45, 2.75) is 43.9 Å². The standard InChI is InChI=1S/C23H17F11N4O3/c1-10-4-11(2-3-13(10)19(40)35-8-17(39)36-9-21(26,27)28)15-7-20(41-38-15,23(32,33)34)16-6-12(22(29,30)31)5-14(37-16)18(24)25/h2-6,18H,7-9H2,1H3,(H,35,40)(H,36,39)/t20-/m0/s1. The predicted octanol–water partition coefficient (Wildman–Crippen LogP) is 5.34. The van der Waals surface area contributed by atoms with E-state index in [2.05, 4.69) is 20.3 Å². The number of pyridine rings is 1. The molecule has 2 amide bonds. The van der Waals surface area contributed by atoms with Gasteiger partial charge in [0.25, 0.3) is 17.9 Å². The summed E-state index contributed by atoms with van der Waals surface area (Å²) in [5.41, 5.74) is -9.10. The number of oxime groups is 1. The molecule has 1 aromatic carbocycles. The van der Waals surface area contributed by atoms with E-state index in [0.717, 1.165) is 18.2 Å². The van der Waals surface area contributed by atoms with E-state index < -0.39 is 84.5 Å². The highest BCUT2D eigenvalue weighted by Crippen LogP contribution is 2.49. The Morgan fingerprint density at radius 2 is 1.66 bits per heavy atom. The quantitative estimate of drug-likeness (QED) is 0.417. The van der Waals surface area contributed by atoms with Crippen molar-refractivity contribution in [1.82, 2.24) is 15.6 Å². The molecular weight excluding hydrogens is 589 g/mol. The largest absolute Gasteiger partial charge is 0.437 e. The fourth-order valence-corrected chi connectivity index (χ4v) is 3.67. The Kier molecular flexibility index (Phi) is 8.55. The van der Waals surface area contributed by atoms with E-state index in [1.165, 1.54) is 12.2 Å². The van der Waals surface area contributed by atoms with Gasteiger partial charge in [-0.25, -0.2) is 13.8 Å². The molecule has 2 N–H and O–H groups in total. The molecule has 0 saturated heterocycles. The number of aryl methyl sites for hydroxylation is 1. The van der Waals surface area contributed by atoms with Crippen LogP contribution >= 0.6 is 0 Å². The van der Waals surface area contributed by atoms with Gasteiger partial charge in [-0.15, -0.1) is 0 Å². The molecule has 7 nitrogen and oxygen atoms in total. The maximum atomic E-state index is 14.2. The van der Waals surface area contributed by atoms with Crippen molar-refractivity contribution < 1.29 is 62.7 Å². The Balaban J connectivity index is 1.85. The number of rotatable bonds is 7. The van der Waals surface area contributed by atoms with Gasteiger partial charge in [0.15, 0.2) is 0 Å². The Morgan fingerprint density at radius 1 is 1.00 bits per heavy atom. The van der Waals surface area contributed by atoms with Crippen molar-refractivity contribution in [3.63, 3.8) is 0 Å². The fourth-order valence-electron chi connectivity index (χ4n) is 3.67. The van der Waals surface area contributed by atoms with Gasteiger partial charge in [-0.05, 0) is 42.3 Å². The van der Waals surface area contributed by atoms with Crippen LogP contribution in [0.2, 0.25) is 0 Å². The summed E-state index contributed by atoms with van der Waals surface area (Å²) in [5.74, 6) is -2.07. The normalized spacial score (nSPS) is 17.7. The number of carbonyl (C=O) groups is 2. The Labute approximate surface area is 222 Å². The van der Waals surface area contributed by atoms with Crippen LogP contribution in [0.15, 0.2) is 35.5 Å². The van der Waals surface area contributed by atoms with Gasteiger partial charge in [-0.2, -0.15) is 39.5 Å². The Hall–Kier alpha value is -3.99. The van der Waals surface area contributed by atoms with Crippen LogP contribution in [-0.4, -0.2) is 48.0 Å². The zero-order valence-corrected chi connectivity index (χ0v) is 20.4. The lowest BCUT2D eigenvalue weighted by Gasteiger charge is -2.29. The highest BCUT2D eigenvalue weighted by Gasteiger charge is 2.64. The number of nitrogens with one attached hydrogen (secondary N) is 2. The van der Waals surface area contributed by atoms with Crippen LogP contribution in [0.3, 0.4) is 0 Å². The van der Waals surface area contributed by atoms with Crippen molar-refractivity contribution >= 4 is 17.5 Å². The lowest BCUT2D eigenvalue weighted by Crippen LogP contribution is -2.43. The Bertz CT molecular complexity index is 1350. The molecule has 0 radical (unpaired) electrons. The monoisotopic (exact) mass is 606 g/mol. The molecule has 224 valence electrons. The van der Waals surface area contributed by atoms with Crippen LogP contribution in [0.4, 0.5) is 48.3 Å². The first-order valence-electron chi connectivity index (χ1n) is 11.2. The van der Waals surface area contributed by atoms with Gasteiger partial charge in [-0.3, -0.25) is 9.59 Å². The zero-order valence-electron chi connectivity index (χ0n) is 20.4. The molecule has 1 aromatic heterocycles. The number of carbonyl (C=O) groups excluding carboxylic acids is 2. The number of nitrogens with zero attached hydrogens (tertiary/aromatic N) is 2. The molecule has 1 aliphatic rings. The van der Waals surface area contributed by atoms with Crippen molar-refractivity contribution in [2.75, 3.05) is 13.1 Å². The third-order valence-electron chi connectivity index (χ3n) is 5.70. The molecule has 1 aliphatic heterocycles. The lowest BCUT2D eigenvalue weighted by atomic mass is 9.88. The predicted molar refractivity (Wildman–Crippen MR) is 117 cm³/mol. The van der Waals surface area contributed by atoms with Crippen molar-refractivity contribution in [3.05, 3.63) is 64.0 Å². The molecule has 0 unspecified atom stereocenters. The highest BCUT2D eigenvalue weighted by atomic mass is 19.4. The number of hydrogen-bond acceptors (Lipinski definition) is 5. The molecular formula is C23H17F11N4O3. The molecule has 0 fully saturated rings. The van der Waals surface area contributed by atoms with E-state index >= 15 is 0 Å². The van der Waals surface area contributed by atoms with E-state index in [0.29, 0.717) is 0 Å². The summed E-state index contributed by atoms with van der Waals surface area (Å²) in [4.78, 5) is 31.5. The second-order valence-electron chi connectivity index (χ2n) is 8.70. The van der Waals surface area contributed by atoms with Crippen LogP contribution < -0.4 is 10.6 Å². The summed E-state index contributed by atoms with van der Waals surface area (Å²) in [6.45, 7) is -1.13. The van der Waals surface area contributed by atoms with Crippen molar-refractivity contribution in [1.29, 1.82) is 0 Å². The van der Waals surface area contributed by atoms with Gasteiger partial charge in [-0.1, -0.05) is 11.2 Å². The van der Waals surface area contributed by atoms with Crippen molar-refractivity contribution in [2.24, 2.45) is 5.16 Å². The van der Waals surface area contributed by atoms with Crippen LogP contribution in [0.5, 0.6) is 0 Å². The summed E-state index contributed by atoms with van der Waals surface area (Å²) in [5, 5.41) is 6.93. The molecule has 2 heterocycles. The number of aromatic nitrogens is 1. The van der Waals surface area contributed by atoms with E-state index in [4.69, 9.17) is 0 Å². The molecule has 2 aromatic rings. The number of alkyl halides is 11. The van der Waals surface area contributed by atoms with Crippen LogP contribution in [0, 0.1) is 6.92 Å². The number of amides is 2. The van der Waals surface area contributed by atoms with E-state index in [1.807, 2.05) is 0 Å². The number of benzene rings is 1. The molecule has 1 atom stereocenters. The first kappa shape index (κ1) is 31.5. The summed E-state index contributed by atoms with van der Waals surface area (Å²) in [6.07, 6.45) is -20.3. The summed E-state index contributed by atoms with van der Waals surface area (Å²) >= 11 is 0. The van der Waals surface area contributed by atoms with Crippen LogP contribution in [0.1, 0.15) is 51.3 Å². The van der Waals surface area contributed by atoms with Crippen molar-refractivity contribution in [3.8, 4) is 0 Å². The first-order chi connectivity index (χ1) is 18.7. The maximum absolute atomic E-state index is 14.2. The zero-order chi connectivity index (χ0) is 31.0. The molecule has 0 bridgehead atoms. The molecule has 41 heavy (non-hydrogen) atoms. The molecule has 0 aliphatic carbocycles. The number of halogens is 11. The summed E-state index contributed by atoms with van der Waals surface area (Å²) in [6, 6.07) is 3.19. The fraction of sp³-hybridized carbons (Fsp3) is 0.391. The molecule has 18 heteroatoms. The SMILES string of the molecule is Cc1cc(C2=NO[C@@](c3cc(C(F)(F)F)cc(C(F)F)n3)(C(F)(F)F)C2)ccc1C(=O)NCC(=O)NCC(F)(F)F. The third-order valence-corrected chi connectivity index (χ3v) is 5.70. The second kappa shape index (κ2) is 11.1. The molecule has 0 saturated carbocycles. The van der Waals surface area contributed by atoms with Gasteiger partial charge in [0.05, 0.1) is 29.9 Å². The second-order valence-corrected chi connectivity index (χ2v) is 8.70. The average molecular weight is 606 g/mol. The maximum Gasteiger partial charge on any atom is 0.437 e. The minimum Gasteiger partial charge on any atom is -0.372 e. The van der Waals surface area contributed by atoms with Gasteiger partial charge in [0.1, 0.15) is 12.2 Å². The van der Waals surface area contributed by atoms with Gasteiger partial charge in [0.2, 0.25) is 5.91 Å². The minimum absolute atomic E-state index is 0.0542. The highest BCUT2D eigenvalue weighted by molar-refractivity contribution is 6.04. The minimum atomic E-state index is -5.48. The number of hydrogen-bond donors (Lipinski definition) is 2. The van der Waals surface area contributed by atoms with Crippen LogP contribution in [0.25, 0.3) is 0 Å². The molecule has 0 spiro atoms. The summed E-state index contributed by atoms with van der Waals surface area (Å²) < 4.78 is 145. The van der Waals surface area contributed by atoms with Gasteiger partial charge in [0, 0.05) is 5.56 Å². The van der Waals surface area contributed by atoms with Crippen LogP contribution in [-0.2, 0) is 21.4 Å². The van der Waals surface area contributed by atoms with E-state index in [1.54, 1.807) is 0 Å². The first-order valence-corrected chi connectivity index (χ1v) is 11.2. The van der Waals surface area contributed by atoms with Gasteiger partial charge < -0.3 is 15.5 Å². The Morgan fingerprint density at radius 3 is 2.20 bits per heavy atom. The van der Waals surface area contributed by atoms with Gasteiger partial charge >= 0.3 is 18.5 Å². The van der Waals surface area contributed by atoms with E-state index in [-0.39, 0.29) is 28.8 Å². The lowest BCUT2D eigenvalue weighted by molar-refractivity contribution is -0.277. The average Bonchev–Trinajstić information content (AvgIpc) is 3.32. The topological polar surface area (TPSA) is 92.7 Å². The molecule has 3 rings (SSSR count). The summed E-state index contributed by atoms with van der Waals surface area (Å²) in [7, 11) is 0. The third kappa shape index (κ3) is 7.21.